The number of fused-ring (bicyclic) bond motifs is 1. The number of hydrogen-bond donors (Lipinski definition) is 3. The lowest BCUT2D eigenvalue weighted by Gasteiger charge is -2.43. The zero-order valence-electron chi connectivity index (χ0n) is 25.1. The number of hydrazine groups is 1. The van der Waals surface area contributed by atoms with E-state index >= 15 is 0 Å². The van der Waals surface area contributed by atoms with Gasteiger partial charge in [0.2, 0.25) is 11.8 Å². The summed E-state index contributed by atoms with van der Waals surface area (Å²) in [6, 6.07) is 13.7. The van der Waals surface area contributed by atoms with E-state index in [1.54, 1.807) is 24.3 Å². The summed E-state index contributed by atoms with van der Waals surface area (Å²) in [6.07, 6.45) is 2.62. The Kier molecular flexibility index (Phi) is 12.7. The largest absolute Gasteiger partial charge is 0.497 e. The van der Waals surface area contributed by atoms with Crippen molar-refractivity contribution >= 4 is 35.8 Å². The van der Waals surface area contributed by atoms with Gasteiger partial charge in [0.15, 0.2) is 0 Å². The molecule has 3 N–H and O–H groups in total. The van der Waals surface area contributed by atoms with Crippen LogP contribution in [0.3, 0.4) is 0 Å². The van der Waals surface area contributed by atoms with Crippen LogP contribution >= 0.6 is 0 Å². The van der Waals surface area contributed by atoms with Gasteiger partial charge in [0.05, 0.1) is 25.8 Å². The molecular formula is C31H39N5O8. The lowest BCUT2D eigenvalue weighted by atomic mass is 10.0. The van der Waals surface area contributed by atoms with Crippen LogP contribution in [-0.4, -0.2) is 89.8 Å². The first-order valence-corrected chi connectivity index (χ1v) is 14.4. The third kappa shape index (κ3) is 9.28. The molecule has 0 bridgehead atoms. The highest BCUT2D eigenvalue weighted by molar-refractivity contribution is 6.00. The molecule has 3 atom stereocenters. The number of carbonyl (C=O) groups is 5. The second-order valence-electron chi connectivity index (χ2n) is 10.1. The summed E-state index contributed by atoms with van der Waals surface area (Å²) in [7, 11) is 2.78. The molecule has 0 spiro atoms. The SMILES string of the molecule is CCc1ccccc1.CO/N=C/[C@H](CC(=O)O)NC(=O)[C@@H]1CCCN2C(=O)CC[C@H](NC(=O)c3ccc(OC)cc3)C(=O)N12. The van der Waals surface area contributed by atoms with Crippen LogP contribution in [-0.2, 0) is 30.4 Å². The van der Waals surface area contributed by atoms with E-state index in [-0.39, 0.29) is 31.7 Å². The molecule has 0 aromatic heterocycles. The summed E-state index contributed by atoms with van der Waals surface area (Å²) < 4.78 is 5.09. The maximum atomic E-state index is 13.5. The highest BCUT2D eigenvalue weighted by atomic mass is 16.6. The van der Waals surface area contributed by atoms with Crippen molar-refractivity contribution in [2.45, 2.75) is 63.6 Å². The van der Waals surface area contributed by atoms with Crippen molar-refractivity contribution in [1.29, 1.82) is 0 Å². The summed E-state index contributed by atoms with van der Waals surface area (Å²) in [5.74, 6) is -2.69. The molecule has 2 aromatic carbocycles. The monoisotopic (exact) mass is 609 g/mol. The first kappa shape index (κ1) is 33.6. The topological polar surface area (TPSA) is 167 Å². The molecule has 2 aliphatic rings. The summed E-state index contributed by atoms with van der Waals surface area (Å²) >= 11 is 0. The molecule has 2 saturated heterocycles. The molecule has 44 heavy (non-hydrogen) atoms. The summed E-state index contributed by atoms with van der Waals surface area (Å²) in [5, 5.41) is 20.2. The standard InChI is InChI=1S/C23H29N5O8.C8H10/c1-35-16-7-5-14(6-8-16)21(32)26-17-9-10-19(29)27-11-3-4-18(28(27)23(17)34)22(33)25-15(12-20(30)31)13-24-36-2;1-2-8-6-4-3-5-7-8/h5-8,13,15,17-18H,3-4,9-12H2,1-2H3,(H,25,33)(H,26,32)(H,30,31);3-7H,2H2,1H3/b24-13+;/t15-,17-,18-;/m0./s1. The number of carboxylic acid groups (broad SMARTS) is 1. The molecule has 236 valence electrons. The van der Waals surface area contributed by atoms with Gasteiger partial charge in [-0.3, -0.25) is 29.0 Å². The fraction of sp³-hybridized carbons (Fsp3) is 0.419. The Labute approximate surface area is 256 Å². The fourth-order valence-corrected chi connectivity index (χ4v) is 4.85. The minimum atomic E-state index is -1.17. The second kappa shape index (κ2) is 16.6. The second-order valence-corrected chi connectivity index (χ2v) is 10.1. The van der Waals surface area contributed by atoms with Gasteiger partial charge in [-0.2, -0.15) is 0 Å². The maximum absolute atomic E-state index is 13.5. The quantitative estimate of drug-likeness (QED) is 0.272. The third-order valence-electron chi connectivity index (χ3n) is 7.14. The number of carboxylic acids is 1. The van der Waals surface area contributed by atoms with Crippen LogP contribution < -0.4 is 15.4 Å². The Morgan fingerprint density at radius 3 is 2.36 bits per heavy atom. The van der Waals surface area contributed by atoms with Crippen LogP contribution in [0.4, 0.5) is 0 Å². The molecule has 0 aliphatic carbocycles. The molecule has 0 unspecified atom stereocenters. The van der Waals surface area contributed by atoms with Gasteiger partial charge in [-0.1, -0.05) is 42.4 Å². The maximum Gasteiger partial charge on any atom is 0.305 e. The fourth-order valence-electron chi connectivity index (χ4n) is 4.85. The van der Waals surface area contributed by atoms with Crippen LogP contribution in [0.15, 0.2) is 59.8 Å². The van der Waals surface area contributed by atoms with E-state index in [9.17, 15) is 24.0 Å². The van der Waals surface area contributed by atoms with E-state index in [0.29, 0.717) is 17.7 Å². The molecule has 2 heterocycles. The Bertz CT molecular complexity index is 1320. The van der Waals surface area contributed by atoms with Crippen molar-refractivity contribution in [3.8, 4) is 5.75 Å². The van der Waals surface area contributed by atoms with Crippen LogP contribution in [0.1, 0.15) is 54.9 Å². The minimum absolute atomic E-state index is 0.00622. The van der Waals surface area contributed by atoms with Crippen molar-refractivity contribution in [1.82, 2.24) is 20.7 Å². The van der Waals surface area contributed by atoms with Gasteiger partial charge < -0.3 is 25.3 Å². The third-order valence-corrected chi connectivity index (χ3v) is 7.14. The Morgan fingerprint density at radius 1 is 1.07 bits per heavy atom. The number of carbonyl (C=O) groups excluding carboxylic acids is 4. The van der Waals surface area contributed by atoms with Gasteiger partial charge in [0, 0.05) is 18.5 Å². The summed E-state index contributed by atoms with van der Waals surface area (Å²) in [5.41, 5.74) is 1.71. The normalized spacial score (nSPS) is 18.7. The molecule has 0 saturated carbocycles. The van der Waals surface area contributed by atoms with Crippen molar-refractivity contribution in [2.24, 2.45) is 5.16 Å². The summed E-state index contributed by atoms with van der Waals surface area (Å²) in [6.45, 7) is 2.41. The van der Waals surface area contributed by atoms with Gasteiger partial charge in [0.25, 0.3) is 11.8 Å². The number of oxime groups is 1. The number of nitrogens with zero attached hydrogens (tertiary/aromatic N) is 3. The van der Waals surface area contributed by atoms with Crippen molar-refractivity contribution < 1.29 is 38.7 Å². The molecule has 2 fully saturated rings. The van der Waals surface area contributed by atoms with Crippen molar-refractivity contribution in [2.75, 3.05) is 20.8 Å². The average Bonchev–Trinajstić information content (AvgIpc) is 3.16. The molecular weight excluding hydrogens is 570 g/mol. The molecule has 13 nitrogen and oxygen atoms in total. The molecule has 13 heteroatoms. The lowest BCUT2D eigenvalue weighted by molar-refractivity contribution is -0.176. The van der Waals surface area contributed by atoms with Gasteiger partial charge >= 0.3 is 5.97 Å². The van der Waals surface area contributed by atoms with E-state index in [1.807, 2.05) is 6.07 Å². The molecule has 0 radical (unpaired) electrons. The molecule has 4 amide bonds. The minimum Gasteiger partial charge on any atom is -0.497 e. The van der Waals surface area contributed by atoms with E-state index < -0.39 is 48.2 Å². The highest BCUT2D eigenvalue weighted by Crippen LogP contribution is 2.25. The van der Waals surface area contributed by atoms with Crippen LogP contribution in [0.2, 0.25) is 0 Å². The van der Waals surface area contributed by atoms with Crippen molar-refractivity contribution in [3.05, 3.63) is 65.7 Å². The van der Waals surface area contributed by atoms with Crippen LogP contribution in [0.5, 0.6) is 5.75 Å². The van der Waals surface area contributed by atoms with Gasteiger partial charge in [-0.25, -0.2) is 5.01 Å². The number of rotatable bonds is 10. The zero-order valence-corrected chi connectivity index (χ0v) is 25.1. The van der Waals surface area contributed by atoms with Gasteiger partial charge in [0.1, 0.15) is 24.9 Å². The number of aryl methyl sites for hydroxylation is 1. The molecule has 4 rings (SSSR count). The molecule has 2 aromatic rings. The number of ether oxygens (including phenoxy) is 1. The number of amides is 4. The van der Waals surface area contributed by atoms with E-state index in [1.165, 1.54) is 24.8 Å². The van der Waals surface area contributed by atoms with E-state index in [2.05, 4.69) is 51.8 Å². The lowest BCUT2D eigenvalue weighted by Crippen LogP contribution is -2.64. The summed E-state index contributed by atoms with van der Waals surface area (Å²) in [4.78, 5) is 68.0. The Morgan fingerprint density at radius 2 is 1.77 bits per heavy atom. The van der Waals surface area contributed by atoms with Crippen LogP contribution in [0, 0.1) is 0 Å². The van der Waals surface area contributed by atoms with Gasteiger partial charge in [-0.05, 0) is 55.5 Å². The van der Waals surface area contributed by atoms with Gasteiger partial charge in [-0.15, -0.1) is 0 Å². The average molecular weight is 610 g/mol. The number of nitrogens with one attached hydrogen (secondary N) is 2. The van der Waals surface area contributed by atoms with E-state index in [4.69, 9.17) is 9.84 Å². The Balaban J connectivity index is 0.000000572. The number of methoxy groups -OCH3 is 1. The smallest absolute Gasteiger partial charge is 0.305 e. The first-order valence-electron chi connectivity index (χ1n) is 14.4. The predicted molar refractivity (Wildman–Crippen MR) is 161 cm³/mol. The van der Waals surface area contributed by atoms with Crippen molar-refractivity contribution in [3.63, 3.8) is 0 Å². The number of hydrogen-bond acceptors (Lipinski definition) is 8. The first-order chi connectivity index (χ1) is 21.2. The highest BCUT2D eigenvalue weighted by Gasteiger charge is 2.44. The Hall–Kier alpha value is -4.94. The predicted octanol–water partition coefficient (Wildman–Crippen LogP) is 2.16. The van der Waals surface area contributed by atoms with Crippen LogP contribution in [0.25, 0.3) is 0 Å². The van der Waals surface area contributed by atoms with E-state index in [0.717, 1.165) is 17.6 Å². The molecule has 2 aliphatic heterocycles. The number of aliphatic carboxylic acids is 1. The number of benzene rings is 2. The zero-order chi connectivity index (χ0) is 32.1.